The Morgan fingerprint density at radius 1 is 0.562 bits per heavy atom. The van der Waals surface area contributed by atoms with E-state index in [1.54, 1.807) is 24.3 Å². The van der Waals surface area contributed by atoms with E-state index < -0.39 is 11.6 Å². The molecule has 0 aliphatic heterocycles. The van der Waals surface area contributed by atoms with Crippen molar-refractivity contribution in [3.8, 4) is 45.1 Å². The number of hydrogen-bond acceptors (Lipinski definition) is 4. The maximum absolute atomic E-state index is 13.4. The second-order valence-corrected chi connectivity index (χ2v) is 6.19. The van der Waals surface area contributed by atoms with Gasteiger partial charge in [0.2, 0.25) is 0 Å². The fourth-order valence-electron chi connectivity index (χ4n) is 2.89. The number of halogens is 5. The molecular weight excluding hydrogens is 524 g/mol. The monoisotopic (exact) mass is 536 g/mol. The van der Waals surface area contributed by atoms with Gasteiger partial charge in [-0.3, -0.25) is 9.97 Å². The van der Waals surface area contributed by atoms with Crippen molar-refractivity contribution in [3.63, 3.8) is 0 Å². The number of rotatable bonds is 3. The van der Waals surface area contributed by atoms with Crippen LogP contribution in [-0.2, 0) is 17.1 Å². The Kier molecular flexibility index (Phi) is 11.6. The smallest absolute Gasteiger partial charge is 1.00 e. The summed E-state index contributed by atoms with van der Waals surface area (Å²) in [6, 6.07) is 14.3. The summed E-state index contributed by atoms with van der Waals surface area (Å²) in [5, 5.41) is 19.8. The largest absolute Gasteiger partial charge is 3.00 e. The van der Waals surface area contributed by atoms with E-state index in [1.165, 1.54) is 48.8 Å². The Bertz CT molecular complexity index is 1070. The minimum Gasteiger partial charge on any atom is -1.00 e. The van der Waals surface area contributed by atoms with Crippen LogP contribution < -0.4 is 37.2 Å². The van der Waals surface area contributed by atoms with Crippen molar-refractivity contribution in [2.75, 3.05) is 0 Å². The maximum Gasteiger partial charge on any atom is 3.00 e. The molecule has 0 atom stereocenters. The van der Waals surface area contributed by atoms with Crippen molar-refractivity contribution in [3.05, 3.63) is 84.7 Å². The van der Waals surface area contributed by atoms with Crippen LogP contribution in [0.2, 0.25) is 0 Å². The Morgan fingerprint density at radius 3 is 1.25 bits per heavy atom. The molecule has 4 aromatic rings. The molecule has 10 heteroatoms. The Morgan fingerprint density at radius 2 is 0.938 bits per heavy atom. The summed E-state index contributed by atoms with van der Waals surface area (Å²) in [6.07, 6.45) is 3.05. The first-order valence-electron chi connectivity index (χ1n) is 8.41. The van der Waals surface area contributed by atoms with Crippen LogP contribution in [0.15, 0.2) is 73.1 Å². The molecule has 0 radical (unpaired) electrons. The molecule has 0 fully saturated rings. The molecule has 4 nitrogen and oxygen atoms in total. The maximum atomic E-state index is 13.4. The van der Waals surface area contributed by atoms with E-state index in [9.17, 15) is 19.0 Å². The third-order valence-corrected chi connectivity index (χ3v) is 4.33. The van der Waals surface area contributed by atoms with E-state index in [0.29, 0.717) is 33.6 Å². The summed E-state index contributed by atoms with van der Waals surface area (Å²) in [5.41, 5.74) is 3.00. The quantitative estimate of drug-likeness (QED) is 0.263. The van der Waals surface area contributed by atoms with Crippen LogP contribution >= 0.6 is 0 Å². The standard InChI is InChI=1S/C22H14F2N2O2.3ClH.Mn/c23-15-3-7-21(27)17(9-15)13-1-5-19(25-11-13)20-6-2-14(12-26-20)18-10-16(24)4-8-22(18)28;;;;/h1-12,27-28H;3*1H;/q;;;;+3/p-3. The minimum atomic E-state index is -0.449. The van der Waals surface area contributed by atoms with E-state index >= 15 is 0 Å². The van der Waals surface area contributed by atoms with Gasteiger partial charge in [-0.05, 0) is 48.5 Å². The molecular formula is C22H14Cl3F2MnN2O2. The van der Waals surface area contributed by atoms with Gasteiger partial charge in [-0.25, -0.2) is 8.78 Å². The normalized spacial score (nSPS) is 9.44. The molecule has 2 aromatic carbocycles. The molecule has 2 aromatic heterocycles. The first-order chi connectivity index (χ1) is 13.5. The second-order valence-electron chi connectivity index (χ2n) is 6.19. The minimum absolute atomic E-state index is 0. The van der Waals surface area contributed by atoms with Crippen LogP contribution in [0.25, 0.3) is 33.6 Å². The Balaban J connectivity index is 0.00000240. The van der Waals surface area contributed by atoms with Gasteiger partial charge >= 0.3 is 17.1 Å². The summed E-state index contributed by atoms with van der Waals surface area (Å²) in [7, 11) is 0. The van der Waals surface area contributed by atoms with Gasteiger partial charge in [0.05, 0.1) is 11.4 Å². The van der Waals surface area contributed by atoms with Crippen molar-refractivity contribution in [1.82, 2.24) is 9.97 Å². The van der Waals surface area contributed by atoms with Crippen molar-refractivity contribution in [1.29, 1.82) is 0 Å². The molecule has 0 aliphatic carbocycles. The molecule has 0 bridgehead atoms. The molecule has 0 unspecified atom stereocenters. The summed E-state index contributed by atoms with van der Waals surface area (Å²) < 4.78 is 26.9. The number of pyridine rings is 2. The molecule has 0 aliphatic rings. The van der Waals surface area contributed by atoms with E-state index in [-0.39, 0.29) is 65.8 Å². The average Bonchev–Trinajstić information content (AvgIpc) is 2.72. The van der Waals surface area contributed by atoms with E-state index in [4.69, 9.17) is 0 Å². The summed E-state index contributed by atoms with van der Waals surface area (Å²) >= 11 is 0. The van der Waals surface area contributed by atoms with Gasteiger partial charge in [0.15, 0.2) is 0 Å². The van der Waals surface area contributed by atoms with Crippen LogP contribution in [0.5, 0.6) is 11.5 Å². The van der Waals surface area contributed by atoms with E-state index in [0.717, 1.165) is 0 Å². The van der Waals surface area contributed by atoms with Gasteiger partial charge < -0.3 is 47.4 Å². The zero-order valence-electron chi connectivity index (χ0n) is 16.0. The summed E-state index contributed by atoms with van der Waals surface area (Å²) in [4.78, 5) is 8.65. The van der Waals surface area contributed by atoms with Crippen LogP contribution in [0.4, 0.5) is 8.78 Å². The number of hydrogen-bond donors (Lipinski definition) is 2. The summed E-state index contributed by atoms with van der Waals surface area (Å²) in [6.45, 7) is 0. The average molecular weight is 538 g/mol. The van der Waals surface area contributed by atoms with Gasteiger partial charge in [0.25, 0.3) is 0 Å². The van der Waals surface area contributed by atoms with Crippen LogP contribution in [0, 0.1) is 11.6 Å². The number of benzene rings is 2. The topological polar surface area (TPSA) is 66.2 Å². The molecule has 2 N–H and O–H groups in total. The molecule has 4 rings (SSSR count). The molecule has 2 heterocycles. The fraction of sp³-hybridized carbons (Fsp3) is 0. The first kappa shape index (κ1) is 29.6. The van der Waals surface area contributed by atoms with Gasteiger partial charge in [-0.2, -0.15) is 0 Å². The zero-order valence-corrected chi connectivity index (χ0v) is 19.4. The van der Waals surface area contributed by atoms with Crippen molar-refractivity contribution in [2.24, 2.45) is 0 Å². The van der Waals surface area contributed by atoms with Crippen molar-refractivity contribution in [2.45, 2.75) is 0 Å². The number of aromatic hydroxyl groups is 2. The molecule has 0 saturated heterocycles. The third-order valence-electron chi connectivity index (χ3n) is 4.33. The fourth-order valence-corrected chi connectivity index (χ4v) is 2.89. The number of nitrogens with zero attached hydrogens (tertiary/aromatic N) is 2. The van der Waals surface area contributed by atoms with Gasteiger partial charge in [0.1, 0.15) is 23.1 Å². The van der Waals surface area contributed by atoms with Crippen molar-refractivity contribution < 1.29 is 73.3 Å². The summed E-state index contributed by atoms with van der Waals surface area (Å²) in [5.74, 6) is -0.967. The number of phenols is 2. The molecule has 0 spiro atoms. The molecule has 0 saturated carbocycles. The van der Waals surface area contributed by atoms with E-state index in [1.807, 2.05) is 0 Å². The van der Waals surface area contributed by atoms with Crippen LogP contribution in [0.1, 0.15) is 0 Å². The van der Waals surface area contributed by atoms with Crippen molar-refractivity contribution >= 4 is 0 Å². The first-order valence-corrected chi connectivity index (χ1v) is 8.41. The van der Waals surface area contributed by atoms with Crippen LogP contribution in [0.3, 0.4) is 0 Å². The Labute approximate surface area is 212 Å². The SMILES string of the molecule is Oc1ccc(F)cc1-c1ccc(-c2ccc(-c3cc(F)ccc3O)cn2)nc1.[Cl-].[Cl-].[Cl-].[Mn+3]. The van der Waals surface area contributed by atoms with Gasteiger partial charge in [-0.1, -0.05) is 12.1 Å². The Hall–Kier alpha value is -2.41. The van der Waals surface area contributed by atoms with E-state index in [2.05, 4.69) is 9.97 Å². The molecule has 166 valence electrons. The number of phenolic OH excluding ortho intramolecular Hbond substituents is 2. The zero-order chi connectivity index (χ0) is 19.7. The van der Waals surface area contributed by atoms with Gasteiger partial charge in [0, 0.05) is 34.6 Å². The third kappa shape index (κ3) is 6.31. The predicted molar refractivity (Wildman–Crippen MR) is 102 cm³/mol. The molecule has 0 amide bonds. The number of aromatic nitrogens is 2. The second kappa shape index (κ2) is 12.6. The van der Waals surface area contributed by atoms with Gasteiger partial charge in [-0.15, -0.1) is 0 Å². The van der Waals surface area contributed by atoms with Crippen LogP contribution in [-0.4, -0.2) is 20.2 Å². The predicted octanol–water partition coefficient (Wildman–Crippen LogP) is -3.82. The molecule has 32 heavy (non-hydrogen) atoms.